The fourth-order valence-corrected chi connectivity index (χ4v) is 3.44. The lowest BCUT2D eigenvalue weighted by Gasteiger charge is -2.25. The summed E-state index contributed by atoms with van der Waals surface area (Å²) in [6.07, 6.45) is 6.13. The van der Waals surface area contributed by atoms with Gasteiger partial charge in [-0.25, -0.2) is 0 Å². The van der Waals surface area contributed by atoms with Crippen LogP contribution in [0.1, 0.15) is 29.7 Å². The highest BCUT2D eigenvalue weighted by molar-refractivity contribution is 6.51. The molecule has 3 aromatic rings. The second-order valence-electron chi connectivity index (χ2n) is 8.14. The Hall–Kier alpha value is -3.70. The molecule has 1 atom stereocenters. The predicted molar refractivity (Wildman–Crippen MR) is 148 cm³/mol. The van der Waals surface area contributed by atoms with Crippen LogP contribution in [0.15, 0.2) is 67.3 Å². The summed E-state index contributed by atoms with van der Waals surface area (Å²) in [5.41, 5.74) is 5.72. The minimum absolute atomic E-state index is 0.0291. The van der Waals surface area contributed by atoms with Crippen LogP contribution in [0.3, 0.4) is 0 Å². The van der Waals surface area contributed by atoms with Crippen molar-refractivity contribution in [2.24, 2.45) is 0 Å². The Bertz CT molecular complexity index is 1290. The highest BCUT2D eigenvalue weighted by Crippen LogP contribution is 2.41. The van der Waals surface area contributed by atoms with Crippen LogP contribution in [-0.4, -0.2) is 35.6 Å². The predicted octanol–water partition coefficient (Wildman–Crippen LogP) is 11.5. The Morgan fingerprint density at radius 1 is 0.689 bits per heavy atom. The standard InChI is InChI=1S/C23H21NO.4BF4/c1-3-16-8-12-19(13-9-16)24-20-14-10-17-6-5-7-18-11-15-21(25-4-2)23(20)22(17)18;4*2-1(3,4)5/h3,5-15,21,24H,1,4H2,2H3;;;;/q;4*-1. The fraction of sp³-hybridized carbons (Fsp3) is 0.130. The molecule has 4 rings (SSSR count). The first kappa shape index (κ1) is 41.3. The van der Waals surface area contributed by atoms with Gasteiger partial charge in [-0.2, -0.15) is 0 Å². The van der Waals surface area contributed by atoms with E-state index in [1.165, 1.54) is 21.9 Å². The maximum atomic E-state index is 9.75. The molecule has 1 aliphatic rings. The van der Waals surface area contributed by atoms with Gasteiger partial charge in [-0.3, -0.25) is 0 Å². The van der Waals surface area contributed by atoms with Crippen LogP contribution < -0.4 is 5.32 Å². The van der Waals surface area contributed by atoms with Gasteiger partial charge < -0.3 is 79.1 Å². The topological polar surface area (TPSA) is 21.3 Å². The van der Waals surface area contributed by atoms with Gasteiger partial charge in [0.05, 0.1) is 0 Å². The van der Waals surface area contributed by atoms with Crippen molar-refractivity contribution in [1.82, 2.24) is 0 Å². The zero-order valence-corrected chi connectivity index (χ0v) is 22.7. The molecule has 0 bridgehead atoms. The Morgan fingerprint density at radius 2 is 1.16 bits per heavy atom. The average Bonchev–Trinajstić information content (AvgIpc) is 2.83. The van der Waals surface area contributed by atoms with Crippen LogP contribution in [0.25, 0.3) is 22.9 Å². The maximum Gasteiger partial charge on any atom is 0.673 e. The summed E-state index contributed by atoms with van der Waals surface area (Å²) in [4.78, 5) is 0. The average molecular weight is 675 g/mol. The third-order valence-electron chi connectivity index (χ3n) is 4.62. The summed E-state index contributed by atoms with van der Waals surface area (Å²) in [5, 5.41) is 6.09. The van der Waals surface area contributed by atoms with E-state index in [0.717, 1.165) is 16.9 Å². The van der Waals surface area contributed by atoms with Crippen LogP contribution in [-0.2, 0) is 4.74 Å². The molecule has 1 N–H and O–H groups in total. The first-order valence-corrected chi connectivity index (χ1v) is 12.1. The molecule has 45 heavy (non-hydrogen) atoms. The number of benzene rings is 3. The molecule has 0 saturated carbocycles. The molecule has 3 aromatic carbocycles. The summed E-state index contributed by atoms with van der Waals surface area (Å²) < 4.78 is 162. The number of hydrogen-bond donors (Lipinski definition) is 1. The van der Waals surface area contributed by atoms with Crippen molar-refractivity contribution >= 4 is 63.3 Å². The van der Waals surface area contributed by atoms with E-state index in [9.17, 15) is 69.1 Å². The molecule has 0 amide bonds. The first-order chi connectivity index (χ1) is 20.3. The lowest BCUT2D eigenvalue weighted by molar-refractivity contribution is 0.0984. The number of anilines is 2. The van der Waals surface area contributed by atoms with E-state index in [0.29, 0.717) is 6.61 Å². The quantitative estimate of drug-likeness (QED) is 0.215. The Kier molecular flexibility index (Phi) is 16.2. The van der Waals surface area contributed by atoms with Crippen molar-refractivity contribution in [1.29, 1.82) is 0 Å². The van der Waals surface area contributed by atoms with E-state index in [1.807, 2.05) is 13.0 Å². The summed E-state index contributed by atoms with van der Waals surface area (Å²) >= 11 is 0. The number of rotatable bonds is 5. The fourth-order valence-electron chi connectivity index (χ4n) is 3.44. The number of hydrogen-bond acceptors (Lipinski definition) is 2. The van der Waals surface area contributed by atoms with E-state index in [-0.39, 0.29) is 6.10 Å². The van der Waals surface area contributed by atoms with Crippen LogP contribution in [0, 0.1) is 0 Å². The Labute approximate surface area is 246 Å². The van der Waals surface area contributed by atoms with Crippen molar-refractivity contribution in [3.8, 4) is 0 Å². The molecule has 1 unspecified atom stereocenters. The Balaban J connectivity index is 0.000000792. The van der Waals surface area contributed by atoms with Gasteiger partial charge in [0.25, 0.3) is 0 Å². The molecular formula is C23H21B4F16NO-4. The number of nitrogens with one attached hydrogen (secondary N) is 1. The molecule has 22 heteroatoms. The van der Waals surface area contributed by atoms with Gasteiger partial charge in [0, 0.05) is 23.5 Å². The lowest BCUT2D eigenvalue weighted by atomic mass is 9.90. The van der Waals surface area contributed by atoms with Gasteiger partial charge in [0.15, 0.2) is 0 Å². The van der Waals surface area contributed by atoms with Crippen LogP contribution in [0.2, 0.25) is 0 Å². The third kappa shape index (κ3) is 22.5. The second-order valence-corrected chi connectivity index (χ2v) is 8.14. The van der Waals surface area contributed by atoms with Crippen molar-refractivity contribution in [2.75, 3.05) is 11.9 Å². The van der Waals surface area contributed by atoms with Crippen molar-refractivity contribution < 1.29 is 73.8 Å². The molecule has 1 aliphatic carbocycles. The molecular weight excluding hydrogens is 653 g/mol. The number of halogens is 16. The monoisotopic (exact) mass is 675 g/mol. The van der Waals surface area contributed by atoms with Gasteiger partial charge >= 0.3 is 29.0 Å². The highest BCUT2D eigenvalue weighted by atomic mass is 19.5. The minimum Gasteiger partial charge on any atom is -0.418 e. The lowest BCUT2D eigenvalue weighted by Crippen LogP contribution is -2.09. The Morgan fingerprint density at radius 3 is 1.58 bits per heavy atom. The summed E-state index contributed by atoms with van der Waals surface area (Å²) in [6.45, 7) is 6.53. The molecule has 0 aliphatic heterocycles. The maximum absolute atomic E-state index is 9.75. The van der Waals surface area contributed by atoms with E-state index in [1.54, 1.807) is 0 Å². The van der Waals surface area contributed by atoms with E-state index in [2.05, 4.69) is 78.6 Å². The van der Waals surface area contributed by atoms with Gasteiger partial charge in [-0.05, 0) is 47.0 Å². The zero-order chi connectivity index (χ0) is 35.2. The highest BCUT2D eigenvalue weighted by Gasteiger charge is 2.23. The molecule has 0 heterocycles. The molecule has 0 spiro atoms. The van der Waals surface area contributed by atoms with Gasteiger partial charge in [0.2, 0.25) is 0 Å². The van der Waals surface area contributed by atoms with Crippen molar-refractivity contribution in [3.63, 3.8) is 0 Å². The zero-order valence-electron chi connectivity index (χ0n) is 22.7. The van der Waals surface area contributed by atoms with Gasteiger partial charge in [0.1, 0.15) is 6.10 Å². The summed E-state index contributed by atoms with van der Waals surface area (Å²) in [7, 11) is -24.0. The summed E-state index contributed by atoms with van der Waals surface area (Å²) in [5.74, 6) is 0. The number of ether oxygens (including phenoxy) is 1. The second kappa shape index (κ2) is 17.7. The smallest absolute Gasteiger partial charge is 0.418 e. The van der Waals surface area contributed by atoms with E-state index in [4.69, 9.17) is 4.74 Å². The molecule has 0 radical (unpaired) electrons. The van der Waals surface area contributed by atoms with Crippen molar-refractivity contribution in [3.05, 3.63) is 83.9 Å². The molecule has 0 fully saturated rings. The molecule has 252 valence electrons. The van der Waals surface area contributed by atoms with Crippen LogP contribution in [0.4, 0.5) is 80.4 Å². The molecule has 0 aromatic heterocycles. The van der Waals surface area contributed by atoms with Crippen LogP contribution in [0.5, 0.6) is 0 Å². The molecule has 0 saturated heterocycles. The van der Waals surface area contributed by atoms with Gasteiger partial charge in [-0.15, -0.1) is 0 Å². The molecule has 2 nitrogen and oxygen atoms in total. The van der Waals surface area contributed by atoms with Crippen LogP contribution >= 0.6 is 0 Å². The van der Waals surface area contributed by atoms with Gasteiger partial charge in [-0.1, -0.05) is 61.2 Å². The third-order valence-corrected chi connectivity index (χ3v) is 4.62. The normalized spacial score (nSPS) is 13.8. The van der Waals surface area contributed by atoms with Crippen molar-refractivity contribution in [2.45, 2.75) is 13.0 Å². The van der Waals surface area contributed by atoms with E-state index >= 15 is 0 Å². The summed E-state index contributed by atoms with van der Waals surface area (Å²) in [6, 6.07) is 19.0. The minimum atomic E-state index is -6.00. The largest absolute Gasteiger partial charge is 0.673 e. The first-order valence-electron chi connectivity index (χ1n) is 12.1. The SMILES string of the molecule is C=Cc1ccc(Nc2ccc3cccc4c3c2C(OCC)C=C4)cc1.F[B-](F)(F)F.F[B-](F)(F)F.F[B-](F)(F)F.F[B-](F)(F)F. The van der Waals surface area contributed by atoms with E-state index < -0.39 is 29.0 Å².